The molecule has 0 amide bonds. The number of hydrogen-bond donors (Lipinski definition) is 2. The minimum absolute atomic E-state index is 0. The average molecular weight is 221 g/mol. The third-order valence-electron chi connectivity index (χ3n) is 0. The van der Waals surface area contributed by atoms with Gasteiger partial charge in [-0.1, -0.05) is 0 Å². The molecule has 0 spiro atoms. The SMILES string of the molecule is Cl.O=C(O)O.[Cl][K].[NaH].[NaH]. The van der Waals surface area contributed by atoms with E-state index in [-0.39, 0.29) is 71.5 Å². The quantitative estimate of drug-likeness (QED) is 0.550. The Kier molecular flexibility index (Phi) is 98.0. The second-order valence-corrected chi connectivity index (χ2v) is 0.283. The van der Waals surface area contributed by atoms with E-state index in [0.29, 0.717) is 47.1 Å². The van der Waals surface area contributed by atoms with Crippen molar-refractivity contribution in [1.82, 2.24) is 0 Å². The Morgan fingerprint density at radius 3 is 1.22 bits per heavy atom. The molecule has 0 unspecified atom stereocenters. The summed E-state index contributed by atoms with van der Waals surface area (Å²) >= 11 is 0.535. The van der Waals surface area contributed by atoms with Crippen LogP contribution >= 0.6 is 16.2 Å². The Balaban J connectivity index is -0.00000000990. The van der Waals surface area contributed by atoms with Crippen molar-refractivity contribution in [2.75, 3.05) is 0 Å². The van der Waals surface area contributed by atoms with Crippen molar-refractivity contribution in [2.45, 2.75) is 0 Å². The van der Waals surface area contributed by atoms with Gasteiger partial charge >= 0.3 is 116 Å². The van der Waals surface area contributed by atoms with Gasteiger partial charge in [0.25, 0.3) is 0 Å². The molecular formula is CH5Cl2KNa2O3. The molecule has 3 nitrogen and oxygen atoms in total. The number of hydrogen-bond acceptors (Lipinski definition) is 1. The molecule has 0 atom stereocenters. The summed E-state index contributed by atoms with van der Waals surface area (Å²) in [7, 11) is 0. The molecular weight excluding hydrogens is 216 g/mol. The van der Waals surface area contributed by atoms with Crippen molar-refractivity contribution in [2.24, 2.45) is 0 Å². The number of carboxylic acid groups (broad SMARTS) is 2. The summed E-state index contributed by atoms with van der Waals surface area (Å²) in [6, 6.07) is 0. The van der Waals surface area contributed by atoms with Crippen LogP contribution in [0.15, 0.2) is 0 Å². The van der Waals surface area contributed by atoms with Gasteiger partial charge in [0.1, 0.15) is 0 Å². The molecule has 0 bridgehead atoms. The normalized spacial score (nSPS) is 3.44. The van der Waals surface area contributed by atoms with E-state index in [1.165, 1.54) is 0 Å². The Hall–Kier alpha value is 3.49. The fourth-order valence-corrected chi connectivity index (χ4v) is 0. The monoisotopic (exact) mass is 220 g/mol. The van der Waals surface area contributed by atoms with Gasteiger partial charge in [-0.15, -0.1) is 12.4 Å². The van der Waals surface area contributed by atoms with Crippen molar-refractivity contribution in [3.05, 3.63) is 0 Å². The van der Waals surface area contributed by atoms with Crippen LogP contribution in [0.2, 0.25) is 0 Å². The topological polar surface area (TPSA) is 57.5 Å². The minimum atomic E-state index is -1.83. The van der Waals surface area contributed by atoms with E-state index < -0.39 is 6.16 Å². The predicted molar refractivity (Wildman–Crippen MR) is 43.8 cm³/mol. The Morgan fingerprint density at radius 2 is 1.22 bits per heavy atom. The molecule has 0 saturated carbocycles. The second-order valence-electron chi connectivity index (χ2n) is 0.283. The van der Waals surface area contributed by atoms with Crippen LogP contribution in [0, 0.1) is 0 Å². The van der Waals surface area contributed by atoms with Crippen molar-refractivity contribution in [3.63, 3.8) is 0 Å². The van der Waals surface area contributed by atoms with Crippen LogP contribution in [0.1, 0.15) is 0 Å². The molecule has 0 fully saturated rings. The first-order valence-corrected chi connectivity index (χ1v) is 5.33. The molecule has 0 saturated heterocycles. The second kappa shape index (κ2) is 30.0. The summed E-state index contributed by atoms with van der Waals surface area (Å²) < 4.78 is 4.83. The van der Waals surface area contributed by atoms with Gasteiger partial charge in [-0.25, -0.2) is 4.79 Å². The molecule has 8 heteroatoms. The van der Waals surface area contributed by atoms with E-state index in [2.05, 4.69) is 0 Å². The molecule has 9 heavy (non-hydrogen) atoms. The predicted octanol–water partition coefficient (Wildman–Crippen LogP) is -0.344. The van der Waals surface area contributed by atoms with Crippen molar-refractivity contribution >= 4 is 129 Å². The first-order chi connectivity index (χ1) is 2.73. The van der Waals surface area contributed by atoms with Gasteiger partial charge in [0.05, 0.1) is 0 Å². The fraction of sp³-hybridized carbons (Fsp3) is 0. The van der Waals surface area contributed by atoms with Gasteiger partial charge in [0.15, 0.2) is 0 Å². The molecule has 2 N–H and O–H groups in total. The van der Waals surface area contributed by atoms with Gasteiger partial charge < -0.3 is 10.2 Å². The molecule has 0 aliphatic heterocycles. The van der Waals surface area contributed by atoms with E-state index in [1.807, 2.05) is 0 Å². The molecule has 44 valence electrons. The maximum atomic E-state index is 8.56. The zero-order chi connectivity index (χ0) is 5.58. The molecule has 0 radical (unpaired) electrons. The number of carbonyl (C=O) groups is 1. The molecule has 0 aromatic carbocycles. The van der Waals surface area contributed by atoms with Gasteiger partial charge in [-0.05, 0) is 0 Å². The standard InChI is InChI=1S/CH2O3.2ClH.K.2Na.2H/c2-1(3)4;;;;;;;/h(H2,2,3,4);2*1H;;;;;/q;;;+1;;;;/p-1. The third-order valence-corrected chi connectivity index (χ3v) is 0. The van der Waals surface area contributed by atoms with E-state index in [1.54, 1.807) is 0 Å². The third kappa shape index (κ3) is 85.0. The van der Waals surface area contributed by atoms with Crippen LogP contribution in [0.25, 0.3) is 0 Å². The van der Waals surface area contributed by atoms with Crippen LogP contribution in [0.4, 0.5) is 4.79 Å². The molecule has 0 aliphatic carbocycles. The van der Waals surface area contributed by atoms with E-state index >= 15 is 0 Å². The number of rotatable bonds is 0. The Labute approximate surface area is 140 Å². The van der Waals surface area contributed by atoms with E-state index in [4.69, 9.17) is 18.8 Å². The van der Waals surface area contributed by atoms with Crippen molar-refractivity contribution in [1.29, 1.82) is 0 Å². The Bertz CT molecular complexity index is 42.8. The van der Waals surface area contributed by atoms with E-state index in [0.717, 1.165) is 0 Å². The molecule has 0 aliphatic rings. The number of halogens is 2. The van der Waals surface area contributed by atoms with Crippen molar-refractivity contribution in [3.8, 4) is 0 Å². The summed E-state index contributed by atoms with van der Waals surface area (Å²) in [6.45, 7) is 0. The van der Waals surface area contributed by atoms with E-state index in [9.17, 15) is 0 Å². The Morgan fingerprint density at radius 1 is 1.22 bits per heavy atom. The first-order valence-electron chi connectivity index (χ1n) is 1.03. The fourth-order valence-electron chi connectivity index (χ4n) is 0. The van der Waals surface area contributed by atoms with Gasteiger partial charge in [-0.2, -0.15) is 0 Å². The molecule has 0 aromatic heterocycles. The van der Waals surface area contributed by atoms with Crippen LogP contribution in [0.5, 0.6) is 0 Å². The molecule has 0 rings (SSSR count). The van der Waals surface area contributed by atoms with Crippen LogP contribution < -0.4 is 0 Å². The van der Waals surface area contributed by atoms with Gasteiger partial charge in [0.2, 0.25) is 0 Å². The zero-order valence-electron chi connectivity index (χ0n) is 3.59. The van der Waals surface area contributed by atoms with Crippen LogP contribution in [-0.2, 0) is 0 Å². The first kappa shape index (κ1) is 29.4. The maximum absolute atomic E-state index is 8.56. The molecule has 0 heterocycles. The summed E-state index contributed by atoms with van der Waals surface area (Å²) in [4.78, 5) is 8.56. The summed E-state index contributed by atoms with van der Waals surface area (Å²) in [6.07, 6.45) is -1.83. The summed E-state index contributed by atoms with van der Waals surface area (Å²) in [5.74, 6) is 0. The van der Waals surface area contributed by atoms with Gasteiger partial charge in [-0.3, -0.25) is 0 Å². The van der Waals surface area contributed by atoms with Gasteiger partial charge in [0, 0.05) is 0 Å². The van der Waals surface area contributed by atoms with Crippen LogP contribution in [-0.4, -0.2) is 123 Å². The summed E-state index contributed by atoms with van der Waals surface area (Å²) in [5.41, 5.74) is 0. The van der Waals surface area contributed by atoms with Crippen molar-refractivity contribution < 1.29 is 15.0 Å². The summed E-state index contributed by atoms with van der Waals surface area (Å²) in [5, 5.41) is 13.9. The zero-order valence-corrected chi connectivity index (χ0v) is 8.28. The molecule has 0 aromatic rings. The van der Waals surface area contributed by atoms with Crippen LogP contribution in [0.3, 0.4) is 0 Å². The average Bonchev–Trinajstić information content (AvgIpc) is 1.41.